The molecule has 0 aliphatic rings. The summed E-state index contributed by atoms with van der Waals surface area (Å²) in [5, 5.41) is 6.21. The Morgan fingerprint density at radius 3 is 2.28 bits per heavy atom. The summed E-state index contributed by atoms with van der Waals surface area (Å²) in [4.78, 5) is 4.42. The van der Waals surface area contributed by atoms with E-state index in [4.69, 9.17) is 0 Å². The molecule has 25 heavy (non-hydrogen) atoms. The molecule has 0 atom stereocenters. The molecule has 0 heterocycles. The SMILES string of the molecule is CN=C(NCCCNS(C)(=O)=O)NCc1ccc(S(C)(=O)=O)c(C)c1. The quantitative estimate of drug-likeness (QED) is 0.327. The molecule has 0 amide bonds. The molecule has 0 saturated heterocycles. The van der Waals surface area contributed by atoms with Crippen molar-refractivity contribution in [3.05, 3.63) is 29.3 Å². The second kappa shape index (κ2) is 9.16. The minimum absolute atomic E-state index is 0.331. The highest BCUT2D eigenvalue weighted by atomic mass is 32.2. The molecule has 1 aromatic rings. The lowest BCUT2D eigenvalue weighted by Crippen LogP contribution is -2.38. The van der Waals surface area contributed by atoms with Gasteiger partial charge in [-0.05, 0) is 30.5 Å². The van der Waals surface area contributed by atoms with Crippen LogP contribution in [0.1, 0.15) is 17.5 Å². The molecule has 0 aromatic heterocycles. The minimum Gasteiger partial charge on any atom is -0.356 e. The lowest BCUT2D eigenvalue weighted by atomic mass is 10.1. The van der Waals surface area contributed by atoms with Crippen LogP contribution >= 0.6 is 0 Å². The van der Waals surface area contributed by atoms with Crippen molar-refractivity contribution >= 4 is 25.8 Å². The number of rotatable bonds is 8. The van der Waals surface area contributed by atoms with Crippen molar-refractivity contribution in [3.8, 4) is 0 Å². The maximum atomic E-state index is 11.6. The zero-order chi connectivity index (χ0) is 19.1. The Morgan fingerprint density at radius 2 is 1.76 bits per heavy atom. The van der Waals surface area contributed by atoms with Crippen LogP contribution in [-0.2, 0) is 26.4 Å². The molecular weight excluding hydrogens is 364 g/mol. The number of benzene rings is 1. The third-order valence-corrected chi connectivity index (χ3v) is 5.32. The highest BCUT2D eigenvalue weighted by Gasteiger charge is 2.10. The number of sulfonamides is 1. The number of sulfone groups is 1. The largest absolute Gasteiger partial charge is 0.356 e. The molecule has 0 unspecified atom stereocenters. The summed E-state index contributed by atoms with van der Waals surface area (Å²) in [5.74, 6) is 0.587. The second-order valence-corrected chi connectivity index (χ2v) is 9.56. The predicted octanol–water partition coefficient (Wildman–Crippen LogP) is 0.00282. The zero-order valence-corrected chi connectivity index (χ0v) is 16.6. The van der Waals surface area contributed by atoms with Crippen molar-refractivity contribution in [1.29, 1.82) is 0 Å². The number of aliphatic imine (C=N–C) groups is 1. The van der Waals surface area contributed by atoms with E-state index in [-0.39, 0.29) is 0 Å². The van der Waals surface area contributed by atoms with Gasteiger partial charge in [-0.1, -0.05) is 12.1 Å². The Bertz CT molecular complexity index is 818. The molecule has 0 saturated carbocycles. The highest BCUT2D eigenvalue weighted by molar-refractivity contribution is 7.90. The Labute approximate surface area is 150 Å². The molecule has 0 spiro atoms. The standard InChI is InChI=1S/C15H26N4O4S2/c1-12-10-13(6-7-14(12)24(3,20)21)11-18-15(16-2)17-8-5-9-19-25(4,22)23/h6-7,10,19H,5,8-9,11H2,1-4H3,(H2,16,17,18). The first-order valence-corrected chi connectivity index (χ1v) is 11.5. The predicted molar refractivity (Wildman–Crippen MR) is 100.0 cm³/mol. The van der Waals surface area contributed by atoms with Crippen LogP contribution < -0.4 is 15.4 Å². The van der Waals surface area contributed by atoms with Crippen LogP contribution in [0, 0.1) is 6.92 Å². The molecule has 1 aromatic carbocycles. The normalized spacial score (nSPS) is 12.9. The summed E-state index contributed by atoms with van der Waals surface area (Å²) >= 11 is 0. The highest BCUT2D eigenvalue weighted by Crippen LogP contribution is 2.16. The van der Waals surface area contributed by atoms with Crippen LogP contribution in [0.2, 0.25) is 0 Å². The summed E-state index contributed by atoms with van der Waals surface area (Å²) in [6, 6.07) is 5.20. The Morgan fingerprint density at radius 1 is 1.08 bits per heavy atom. The fourth-order valence-electron chi connectivity index (χ4n) is 2.20. The zero-order valence-electron chi connectivity index (χ0n) is 15.0. The summed E-state index contributed by atoms with van der Waals surface area (Å²) in [5.41, 5.74) is 1.64. The topological polar surface area (TPSA) is 117 Å². The van der Waals surface area contributed by atoms with E-state index in [1.165, 1.54) is 6.26 Å². The van der Waals surface area contributed by atoms with E-state index in [0.717, 1.165) is 11.8 Å². The van der Waals surface area contributed by atoms with Crippen molar-refractivity contribution < 1.29 is 16.8 Å². The van der Waals surface area contributed by atoms with Crippen LogP contribution in [0.4, 0.5) is 0 Å². The Kier molecular flexibility index (Phi) is 7.84. The molecule has 0 fully saturated rings. The number of nitrogens with zero attached hydrogens (tertiary/aromatic N) is 1. The number of hydrogen-bond donors (Lipinski definition) is 3. The minimum atomic E-state index is -3.22. The van der Waals surface area contributed by atoms with Crippen molar-refractivity contribution in [2.45, 2.75) is 24.8 Å². The molecule has 8 nitrogen and oxygen atoms in total. The lowest BCUT2D eigenvalue weighted by Gasteiger charge is -2.13. The summed E-state index contributed by atoms with van der Waals surface area (Å²) < 4.78 is 47.6. The van der Waals surface area contributed by atoms with E-state index in [2.05, 4.69) is 20.3 Å². The van der Waals surface area contributed by atoms with Crippen molar-refractivity contribution in [2.75, 3.05) is 32.6 Å². The van der Waals surface area contributed by atoms with Crippen LogP contribution in [0.5, 0.6) is 0 Å². The van der Waals surface area contributed by atoms with Crippen LogP contribution in [-0.4, -0.2) is 55.4 Å². The van der Waals surface area contributed by atoms with E-state index in [1.54, 1.807) is 26.1 Å². The maximum Gasteiger partial charge on any atom is 0.208 e. The van der Waals surface area contributed by atoms with Gasteiger partial charge in [0.05, 0.1) is 11.2 Å². The molecule has 142 valence electrons. The molecule has 0 aliphatic carbocycles. The van der Waals surface area contributed by atoms with Gasteiger partial charge in [-0.3, -0.25) is 4.99 Å². The van der Waals surface area contributed by atoms with Crippen LogP contribution in [0.15, 0.2) is 28.1 Å². The average molecular weight is 391 g/mol. The fraction of sp³-hybridized carbons (Fsp3) is 0.533. The summed E-state index contributed by atoms with van der Waals surface area (Å²) in [7, 11) is -4.74. The maximum absolute atomic E-state index is 11.6. The second-order valence-electron chi connectivity index (χ2n) is 5.74. The van der Waals surface area contributed by atoms with Crippen LogP contribution in [0.25, 0.3) is 0 Å². The smallest absolute Gasteiger partial charge is 0.208 e. The van der Waals surface area contributed by atoms with Gasteiger partial charge in [0.15, 0.2) is 15.8 Å². The Balaban J connectivity index is 2.49. The van der Waals surface area contributed by atoms with Gasteiger partial charge in [0.1, 0.15) is 0 Å². The van der Waals surface area contributed by atoms with Gasteiger partial charge in [-0.2, -0.15) is 0 Å². The molecular formula is C15H26N4O4S2. The van der Waals surface area contributed by atoms with E-state index in [1.807, 2.05) is 6.07 Å². The third-order valence-electron chi connectivity index (χ3n) is 3.33. The molecule has 3 N–H and O–H groups in total. The number of aryl methyl sites for hydroxylation is 1. The lowest BCUT2D eigenvalue weighted by molar-refractivity contribution is 0.584. The first-order valence-electron chi connectivity index (χ1n) is 7.71. The molecule has 0 bridgehead atoms. The van der Waals surface area contributed by atoms with E-state index >= 15 is 0 Å². The van der Waals surface area contributed by atoms with Crippen molar-refractivity contribution in [3.63, 3.8) is 0 Å². The van der Waals surface area contributed by atoms with E-state index in [9.17, 15) is 16.8 Å². The van der Waals surface area contributed by atoms with Gasteiger partial charge in [-0.25, -0.2) is 21.6 Å². The molecule has 10 heteroatoms. The number of guanidine groups is 1. The number of hydrogen-bond acceptors (Lipinski definition) is 5. The summed E-state index contributed by atoms with van der Waals surface area (Å²) in [6.07, 6.45) is 2.94. The van der Waals surface area contributed by atoms with E-state index < -0.39 is 19.9 Å². The first-order chi connectivity index (χ1) is 11.5. The molecule has 0 aliphatic heterocycles. The fourth-order valence-corrected chi connectivity index (χ4v) is 3.67. The third kappa shape index (κ3) is 8.32. The van der Waals surface area contributed by atoms with E-state index in [0.29, 0.717) is 42.5 Å². The van der Waals surface area contributed by atoms with Crippen molar-refractivity contribution in [1.82, 2.24) is 15.4 Å². The van der Waals surface area contributed by atoms with Gasteiger partial charge in [-0.15, -0.1) is 0 Å². The molecule has 0 radical (unpaired) electrons. The first kappa shape index (κ1) is 21.4. The Hall–Kier alpha value is -1.65. The van der Waals surface area contributed by atoms with Crippen LogP contribution in [0.3, 0.4) is 0 Å². The van der Waals surface area contributed by atoms with Gasteiger partial charge >= 0.3 is 0 Å². The summed E-state index contributed by atoms with van der Waals surface area (Å²) in [6.45, 7) is 3.18. The number of nitrogens with one attached hydrogen (secondary N) is 3. The monoisotopic (exact) mass is 390 g/mol. The van der Waals surface area contributed by atoms with Gasteiger partial charge < -0.3 is 10.6 Å². The molecule has 1 rings (SSSR count). The van der Waals surface area contributed by atoms with Crippen molar-refractivity contribution in [2.24, 2.45) is 4.99 Å². The van der Waals surface area contributed by atoms with Gasteiger partial charge in [0, 0.05) is 32.9 Å². The average Bonchev–Trinajstić information content (AvgIpc) is 2.47. The van der Waals surface area contributed by atoms with Gasteiger partial charge in [0.2, 0.25) is 10.0 Å². The van der Waals surface area contributed by atoms with Gasteiger partial charge in [0.25, 0.3) is 0 Å².